The molecule has 5 heteroatoms. The molecule has 0 aliphatic rings. The Labute approximate surface area is 90.1 Å². The van der Waals surface area contributed by atoms with Gasteiger partial charge in [0.15, 0.2) is 0 Å². The molecule has 0 fully saturated rings. The van der Waals surface area contributed by atoms with E-state index in [-0.39, 0.29) is 5.91 Å². The molecule has 0 radical (unpaired) electrons. The third-order valence-electron chi connectivity index (χ3n) is 2.10. The number of aromatic nitrogens is 3. The van der Waals surface area contributed by atoms with Crippen molar-refractivity contribution >= 4 is 5.91 Å². The highest BCUT2D eigenvalue weighted by Crippen LogP contribution is 1.97. The van der Waals surface area contributed by atoms with E-state index >= 15 is 0 Å². The molecule has 0 saturated carbocycles. The van der Waals surface area contributed by atoms with Gasteiger partial charge in [0.1, 0.15) is 19.2 Å². The van der Waals surface area contributed by atoms with E-state index in [2.05, 4.69) is 23.9 Å². The van der Waals surface area contributed by atoms with Crippen molar-refractivity contribution in [3.63, 3.8) is 0 Å². The van der Waals surface area contributed by atoms with Gasteiger partial charge in [0.25, 0.3) is 0 Å². The zero-order valence-electron chi connectivity index (χ0n) is 9.39. The van der Waals surface area contributed by atoms with E-state index in [1.165, 1.54) is 6.33 Å². The summed E-state index contributed by atoms with van der Waals surface area (Å²) in [6, 6.07) is 0. The molecular weight excluding hydrogens is 192 g/mol. The van der Waals surface area contributed by atoms with E-state index in [4.69, 9.17) is 0 Å². The lowest BCUT2D eigenvalue weighted by Crippen LogP contribution is -2.35. The Morgan fingerprint density at radius 2 is 2.00 bits per heavy atom. The average Bonchev–Trinajstić information content (AvgIpc) is 2.70. The monoisotopic (exact) mass is 210 g/mol. The van der Waals surface area contributed by atoms with E-state index in [1.807, 2.05) is 4.90 Å². The second-order valence-corrected chi connectivity index (χ2v) is 3.47. The van der Waals surface area contributed by atoms with Crippen LogP contribution in [0.1, 0.15) is 26.7 Å². The van der Waals surface area contributed by atoms with Crippen LogP contribution < -0.4 is 0 Å². The van der Waals surface area contributed by atoms with Crippen LogP contribution in [-0.4, -0.2) is 38.7 Å². The Balaban J connectivity index is 2.48. The summed E-state index contributed by atoms with van der Waals surface area (Å²) in [5.74, 6) is 0.115. The van der Waals surface area contributed by atoms with Crippen LogP contribution in [0.4, 0.5) is 0 Å². The van der Waals surface area contributed by atoms with Crippen LogP contribution in [0.25, 0.3) is 0 Å². The van der Waals surface area contributed by atoms with Crippen molar-refractivity contribution in [2.45, 2.75) is 33.2 Å². The summed E-state index contributed by atoms with van der Waals surface area (Å²) in [5.41, 5.74) is 0. The summed E-state index contributed by atoms with van der Waals surface area (Å²) in [5, 5.41) is 3.92. The van der Waals surface area contributed by atoms with Gasteiger partial charge in [0, 0.05) is 13.1 Å². The molecule has 5 nitrogen and oxygen atoms in total. The van der Waals surface area contributed by atoms with Gasteiger partial charge in [-0.25, -0.2) is 9.67 Å². The number of carbonyl (C=O) groups is 1. The van der Waals surface area contributed by atoms with Gasteiger partial charge in [-0.3, -0.25) is 4.79 Å². The van der Waals surface area contributed by atoms with Crippen LogP contribution in [-0.2, 0) is 11.3 Å². The lowest BCUT2D eigenvalue weighted by molar-refractivity contribution is -0.132. The summed E-state index contributed by atoms with van der Waals surface area (Å²) in [6.07, 6.45) is 4.98. The molecule has 1 heterocycles. The molecular formula is C10H18N4O. The van der Waals surface area contributed by atoms with Crippen LogP contribution in [0, 0.1) is 0 Å². The third kappa shape index (κ3) is 3.69. The van der Waals surface area contributed by atoms with E-state index in [9.17, 15) is 4.79 Å². The Morgan fingerprint density at radius 3 is 2.47 bits per heavy atom. The minimum Gasteiger partial charge on any atom is -0.341 e. The second-order valence-electron chi connectivity index (χ2n) is 3.47. The number of carbonyl (C=O) groups excluding carboxylic acids is 1. The minimum atomic E-state index is 0.115. The lowest BCUT2D eigenvalue weighted by Gasteiger charge is -2.21. The first-order valence-corrected chi connectivity index (χ1v) is 5.38. The summed E-state index contributed by atoms with van der Waals surface area (Å²) < 4.78 is 1.56. The van der Waals surface area contributed by atoms with E-state index in [0.717, 1.165) is 25.9 Å². The van der Waals surface area contributed by atoms with Gasteiger partial charge in [0.05, 0.1) is 0 Å². The molecule has 0 spiro atoms. The van der Waals surface area contributed by atoms with E-state index in [0.29, 0.717) is 6.54 Å². The summed E-state index contributed by atoms with van der Waals surface area (Å²) in [4.78, 5) is 17.5. The minimum absolute atomic E-state index is 0.115. The number of hydrogen-bond acceptors (Lipinski definition) is 3. The normalized spacial score (nSPS) is 10.3. The van der Waals surface area contributed by atoms with Gasteiger partial charge in [-0.05, 0) is 12.8 Å². The highest BCUT2D eigenvalue weighted by molar-refractivity contribution is 5.75. The van der Waals surface area contributed by atoms with Crippen LogP contribution >= 0.6 is 0 Å². The molecule has 0 unspecified atom stereocenters. The van der Waals surface area contributed by atoms with Crippen LogP contribution in [0.15, 0.2) is 12.7 Å². The van der Waals surface area contributed by atoms with Crippen molar-refractivity contribution in [1.29, 1.82) is 0 Å². The molecule has 1 rings (SSSR count). The number of rotatable bonds is 6. The molecule has 1 amide bonds. The molecule has 0 saturated heterocycles. The molecule has 0 aromatic carbocycles. The highest BCUT2D eigenvalue weighted by Gasteiger charge is 2.11. The molecule has 15 heavy (non-hydrogen) atoms. The molecule has 0 aliphatic heterocycles. The van der Waals surface area contributed by atoms with Crippen LogP contribution in [0.3, 0.4) is 0 Å². The van der Waals surface area contributed by atoms with Gasteiger partial charge >= 0.3 is 0 Å². The maximum atomic E-state index is 11.8. The van der Waals surface area contributed by atoms with Crippen molar-refractivity contribution in [2.24, 2.45) is 0 Å². The van der Waals surface area contributed by atoms with Gasteiger partial charge in [0.2, 0.25) is 5.91 Å². The maximum absolute atomic E-state index is 11.8. The van der Waals surface area contributed by atoms with Crippen molar-refractivity contribution in [1.82, 2.24) is 19.7 Å². The Hall–Kier alpha value is -1.39. The largest absolute Gasteiger partial charge is 0.341 e. The van der Waals surface area contributed by atoms with Crippen LogP contribution in [0.2, 0.25) is 0 Å². The average molecular weight is 210 g/mol. The van der Waals surface area contributed by atoms with Gasteiger partial charge in [-0.1, -0.05) is 13.8 Å². The zero-order valence-corrected chi connectivity index (χ0v) is 9.39. The third-order valence-corrected chi connectivity index (χ3v) is 2.10. The van der Waals surface area contributed by atoms with Gasteiger partial charge in [-0.15, -0.1) is 0 Å². The summed E-state index contributed by atoms with van der Waals surface area (Å²) >= 11 is 0. The fourth-order valence-electron chi connectivity index (χ4n) is 1.45. The smallest absolute Gasteiger partial charge is 0.244 e. The van der Waals surface area contributed by atoms with Crippen molar-refractivity contribution in [3.8, 4) is 0 Å². The predicted molar refractivity (Wildman–Crippen MR) is 57.2 cm³/mol. The van der Waals surface area contributed by atoms with Crippen molar-refractivity contribution in [2.75, 3.05) is 13.1 Å². The first kappa shape index (κ1) is 11.7. The molecule has 0 N–H and O–H groups in total. The number of hydrogen-bond donors (Lipinski definition) is 0. The van der Waals surface area contributed by atoms with Crippen molar-refractivity contribution in [3.05, 3.63) is 12.7 Å². The summed E-state index contributed by atoms with van der Waals surface area (Å²) in [7, 11) is 0. The van der Waals surface area contributed by atoms with E-state index in [1.54, 1.807) is 11.0 Å². The highest BCUT2D eigenvalue weighted by atomic mass is 16.2. The van der Waals surface area contributed by atoms with Gasteiger partial charge in [-0.2, -0.15) is 5.10 Å². The summed E-state index contributed by atoms with van der Waals surface area (Å²) in [6.45, 7) is 6.08. The number of nitrogens with zero attached hydrogens (tertiary/aromatic N) is 4. The van der Waals surface area contributed by atoms with E-state index < -0.39 is 0 Å². The Bertz CT molecular complexity index is 278. The van der Waals surface area contributed by atoms with Gasteiger partial charge < -0.3 is 4.90 Å². The SMILES string of the molecule is CCCN(CCC)C(=O)Cn1cncn1. The Kier molecular flexibility index (Phi) is 4.80. The topological polar surface area (TPSA) is 51.0 Å². The van der Waals surface area contributed by atoms with Crippen molar-refractivity contribution < 1.29 is 4.79 Å². The molecule has 84 valence electrons. The molecule has 0 bridgehead atoms. The first-order valence-electron chi connectivity index (χ1n) is 5.38. The lowest BCUT2D eigenvalue weighted by atomic mass is 10.3. The maximum Gasteiger partial charge on any atom is 0.244 e. The predicted octanol–water partition coefficient (Wildman–Crippen LogP) is 0.927. The Morgan fingerprint density at radius 1 is 1.33 bits per heavy atom. The molecule has 0 atom stereocenters. The standard InChI is InChI=1S/C10H18N4O/c1-3-5-13(6-4-2)10(15)7-14-9-11-8-12-14/h8-9H,3-7H2,1-2H3. The zero-order chi connectivity index (χ0) is 11.1. The quantitative estimate of drug-likeness (QED) is 0.701. The molecule has 0 aliphatic carbocycles. The first-order chi connectivity index (χ1) is 7.27. The molecule has 1 aromatic heterocycles. The van der Waals surface area contributed by atoms with Crippen LogP contribution in [0.5, 0.6) is 0 Å². The fraction of sp³-hybridized carbons (Fsp3) is 0.700. The fourth-order valence-corrected chi connectivity index (χ4v) is 1.45. The number of amides is 1. The second kappa shape index (κ2) is 6.16. The molecule has 1 aromatic rings.